The Labute approximate surface area is 125 Å². The largest absolute Gasteiger partial charge is 0.514 e. The summed E-state index contributed by atoms with van der Waals surface area (Å²) in [6.45, 7) is 10.1. The lowest BCUT2D eigenvalue weighted by Gasteiger charge is -2.32. The van der Waals surface area contributed by atoms with E-state index in [-0.39, 0.29) is 11.2 Å². The molecule has 0 amide bonds. The van der Waals surface area contributed by atoms with Gasteiger partial charge in [-0.3, -0.25) is 4.57 Å². The van der Waals surface area contributed by atoms with E-state index in [4.69, 9.17) is 9.31 Å². The van der Waals surface area contributed by atoms with E-state index < -0.39 is 7.12 Å². The van der Waals surface area contributed by atoms with Crippen molar-refractivity contribution in [2.45, 2.75) is 45.8 Å². The molecule has 0 aliphatic carbocycles. The highest BCUT2D eigenvalue weighted by molar-refractivity contribution is 6.61. The van der Waals surface area contributed by atoms with E-state index in [0.717, 1.165) is 17.1 Å². The summed E-state index contributed by atoms with van der Waals surface area (Å²) in [6, 6.07) is 5.82. The third-order valence-electron chi connectivity index (χ3n) is 4.23. The summed E-state index contributed by atoms with van der Waals surface area (Å²) in [5.41, 5.74) is 1.01. The maximum absolute atomic E-state index is 6.04. The average molecular weight is 285 g/mol. The molecular formula is C15H20BN3O2. The highest BCUT2D eigenvalue weighted by Crippen LogP contribution is 2.36. The first-order chi connectivity index (χ1) is 9.78. The molecule has 1 saturated heterocycles. The van der Waals surface area contributed by atoms with Crippen LogP contribution in [0.4, 0.5) is 0 Å². The summed E-state index contributed by atoms with van der Waals surface area (Å²) < 4.78 is 14.0. The summed E-state index contributed by atoms with van der Waals surface area (Å²) in [5.74, 6) is 0.808. The molecule has 5 nitrogen and oxygen atoms in total. The van der Waals surface area contributed by atoms with E-state index in [9.17, 15) is 0 Å². The highest BCUT2D eigenvalue weighted by Gasteiger charge is 2.52. The molecule has 0 saturated carbocycles. The summed E-state index contributed by atoms with van der Waals surface area (Å²) in [6.07, 6.45) is 3.70. The van der Waals surface area contributed by atoms with Crippen LogP contribution < -0.4 is 5.59 Å². The highest BCUT2D eigenvalue weighted by atomic mass is 16.7. The van der Waals surface area contributed by atoms with Crippen molar-refractivity contribution in [3.63, 3.8) is 0 Å². The van der Waals surface area contributed by atoms with Crippen LogP contribution in [-0.4, -0.2) is 32.9 Å². The lowest BCUT2D eigenvalue weighted by Crippen LogP contribution is -2.41. The normalized spacial score (nSPS) is 20.0. The van der Waals surface area contributed by atoms with Crippen molar-refractivity contribution >= 4 is 12.7 Å². The van der Waals surface area contributed by atoms with E-state index in [0.29, 0.717) is 0 Å². The average Bonchev–Trinajstić information content (AvgIpc) is 2.92. The summed E-state index contributed by atoms with van der Waals surface area (Å²) in [4.78, 5) is 8.87. The molecule has 110 valence electrons. The molecular weight excluding hydrogens is 265 g/mol. The third-order valence-corrected chi connectivity index (χ3v) is 4.23. The van der Waals surface area contributed by atoms with E-state index in [1.807, 2.05) is 63.6 Å². The molecule has 0 radical (unpaired) electrons. The SMILES string of the molecule is Cc1cn(-c2cccc(B3OC(C)(C)C(C)(C)O3)n2)cn1. The van der Waals surface area contributed by atoms with Gasteiger partial charge >= 0.3 is 7.12 Å². The van der Waals surface area contributed by atoms with Crippen LogP contribution in [0.1, 0.15) is 33.4 Å². The predicted octanol–water partition coefficient (Wildman–Crippen LogP) is 1.87. The van der Waals surface area contributed by atoms with Crippen molar-refractivity contribution in [3.05, 3.63) is 36.4 Å². The van der Waals surface area contributed by atoms with Gasteiger partial charge in [0.15, 0.2) is 0 Å². The lowest BCUT2D eigenvalue weighted by atomic mass is 9.84. The van der Waals surface area contributed by atoms with Gasteiger partial charge in [0.25, 0.3) is 0 Å². The predicted molar refractivity (Wildman–Crippen MR) is 81.8 cm³/mol. The Bertz CT molecular complexity index is 650. The van der Waals surface area contributed by atoms with Crippen LogP contribution in [0.5, 0.6) is 0 Å². The van der Waals surface area contributed by atoms with E-state index in [1.54, 1.807) is 6.33 Å². The van der Waals surface area contributed by atoms with Crippen LogP contribution >= 0.6 is 0 Å². The van der Waals surface area contributed by atoms with Gasteiger partial charge in [0.2, 0.25) is 0 Å². The van der Waals surface area contributed by atoms with Crippen LogP contribution in [0, 0.1) is 6.92 Å². The fourth-order valence-corrected chi connectivity index (χ4v) is 2.22. The zero-order chi connectivity index (χ0) is 15.3. The second kappa shape index (κ2) is 4.68. The fraction of sp³-hybridized carbons (Fsp3) is 0.467. The van der Waals surface area contributed by atoms with Gasteiger partial charge in [0.1, 0.15) is 12.1 Å². The molecule has 0 bridgehead atoms. The van der Waals surface area contributed by atoms with Crippen LogP contribution in [0.2, 0.25) is 0 Å². The van der Waals surface area contributed by atoms with Gasteiger partial charge in [-0.1, -0.05) is 6.07 Å². The number of nitrogens with zero attached hydrogens (tertiary/aromatic N) is 3. The number of aryl methyl sites for hydroxylation is 1. The van der Waals surface area contributed by atoms with Gasteiger partial charge in [0, 0.05) is 6.20 Å². The molecule has 1 aliphatic heterocycles. The Morgan fingerprint density at radius 2 is 1.76 bits per heavy atom. The molecule has 0 N–H and O–H groups in total. The molecule has 2 aromatic heterocycles. The van der Waals surface area contributed by atoms with Crippen molar-refractivity contribution in [3.8, 4) is 5.82 Å². The quantitative estimate of drug-likeness (QED) is 0.790. The standard InChI is InChI=1S/C15H20BN3O2/c1-11-9-19(10-17-11)13-8-6-7-12(18-13)16-20-14(2,3)15(4,5)21-16/h6-10H,1-5H3. The Hall–Kier alpha value is -1.66. The Kier molecular flexibility index (Phi) is 3.18. The minimum Gasteiger partial charge on any atom is -0.398 e. The van der Waals surface area contributed by atoms with Crippen molar-refractivity contribution in [2.75, 3.05) is 0 Å². The second-order valence-corrected chi connectivity index (χ2v) is 6.43. The number of hydrogen-bond donors (Lipinski definition) is 0. The minimum absolute atomic E-state index is 0.360. The number of imidazole rings is 1. The Morgan fingerprint density at radius 3 is 2.33 bits per heavy atom. The van der Waals surface area contributed by atoms with Gasteiger partial charge in [-0.05, 0) is 46.8 Å². The van der Waals surface area contributed by atoms with Crippen LogP contribution in [0.15, 0.2) is 30.7 Å². The summed E-state index contributed by atoms with van der Waals surface area (Å²) >= 11 is 0. The third kappa shape index (κ3) is 2.49. The van der Waals surface area contributed by atoms with Crippen LogP contribution in [0.25, 0.3) is 5.82 Å². The molecule has 0 spiro atoms. The monoisotopic (exact) mass is 285 g/mol. The second-order valence-electron chi connectivity index (χ2n) is 6.43. The van der Waals surface area contributed by atoms with Crippen molar-refractivity contribution in [1.29, 1.82) is 0 Å². The molecule has 0 unspecified atom stereocenters. The number of rotatable bonds is 2. The first kappa shape index (κ1) is 14.3. The van der Waals surface area contributed by atoms with Gasteiger partial charge in [-0.2, -0.15) is 0 Å². The van der Waals surface area contributed by atoms with Gasteiger partial charge < -0.3 is 9.31 Å². The molecule has 3 rings (SSSR count). The molecule has 21 heavy (non-hydrogen) atoms. The molecule has 2 aromatic rings. The molecule has 1 fully saturated rings. The fourth-order valence-electron chi connectivity index (χ4n) is 2.22. The lowest BCUT2D eigenvalue weighted by molar-refractivity contribution is 0.00578. The first-order valence-corrected chi connectivity index (χ1v) is 7.12. The van der Waals surface area contributed by atoms with Crippen molar-refractivity contribution in [2.24, 2.45) is 0 Å². The molecule has 1 aliphatic rings. The maximum Gasteiger partial charge on any atom is 0.514 e. The van der Waals surface area contributed by atoms with E-state index in [1.165, 1.54) is 0 Å². The zero-order valence-corrected chi connectivity index (χ0v) is 13.1. The number of aromatic nitrogens is 3. The van der Waals surface area contributed by atoms with Gasteiger partial charge in [-0.25, -0.2) is 9.97 Å². The topological polar surface area (TPSA) is 49.2 Å². The van der Waals surface area contributed by atoms with E-state index >= 15 is 0 Å². The van der Waals surface area contributed by atoms with Crippen molar-refractivity contribution in [1.82, 2.24) is 14.5 Å². The first-order valence-electron chi connectivity index (χ1n) is 7.12. The Balaban J connectivity index is 1.91. The van der Waals surface area contributed by atoms with Crippen LogP contribution in [-0.2, 0) is 9.31 Å². The molecule has 0 atom stereocenters. The summed E-state index contributed by atoms with van der Waals surface area (Å²) in [7, 11) is -0.445. The van der Waals surface area contributed by atoms with E-state index in [2.05, 4.69) is 9.97 Å². The van der Waals surface area contributed by atoms with Crippen molar-refractivity contribution < 1.29 is 9.31 Å². The number of pyridine rings is 1. The Morgan fingerprint density at radius 1 is 1.10 bits per heavy atom. The zero-order valence-electron chi connectivity index (χ0n) is 13.1. The molecule has 6 heteroatoms. The molecule has 0 aromatic carbocycles. The summed E-state index contributed by atoms with van der Waals surface area (Å²) in [5, 5.41) is 0. The van der Waals surface area contributed by atoms with Crippen LogP contribution in [0.3, 0.4) is 0 Å². The maximum atomic E-state index is 6.04. The van der Waals surface area contributed by atoms with Gasteiger partial charge in [-0.15, -0.1) is 0 Å². The number of hydrogen-bond acceptors (Lipinski definition) is 4. The van der Waals surface area contributed by atoms with Gasteiger partial charge in [0.05, 0.1) is 22.5 Å². The minimum atomic E-state index is -0.445. The smallest absolute Gasteiger partial charge is 0.398 e. The molecule has 3 heterocycles.